The van der Waals surface area contributed by atoms with E-state index in [-0.39, 0.29) is 24.5 Å². The number of sulfonamides is 1. The highest BCUT2D eigenvalue weighted by Gasteiger charge is 2.23. The first kappa shape index (κ1) is 20.8. The maximum absolute atomic E-state index is 13.7. The molecular weight excluding hydrogens is 361 g/mol. The van der Waals surface area contributed by atoms with Gasteiger partial charge in [0, 0.05) is 12.6 Å². The number of nitro benzene ring substituents is 1. The van der Waals surface area contributed by atoms with Crippen molar-refractivity contribution in [3.63, 3.8) is 0 Å². The number of nitrogens with zero attached hydrogens (tertiary/aromatic N) is 1. The van der Waals surface area contributed by atoms with E-state index < -0.39 is 31.3 Å². The summed E-state index contributed by atoms with van der Waals surface area (Å²) in [7, 11) is -3.97. The van der Waals surface area contributed by atoms with Gasteiger partial charge in [-0.05, 0) is 51.3 Å². The molecule has 0 spiro atoms. The molecule has 7 nitrogen and oxygen atoms in total. The van der Waals surface area contributed by atoms with E-state index in [4.69, 9.17) is 0 Å². The Kier molecular flexibility index (Phi) is 7.53. The molecule has 1 aromatic carbocycles. The fraction of sp³-hybridized carbons (Fsp3) is 0.571. The molecule has 1 heterocycles. The lowest BCUT2D eigenvalue weighted by molar-refractivity contribution is -0.385. The van der Waals surface area contributed by atoms with Crippen molar-refractivity contribution in [2.45, 2.75) is 31.1 Å². The molecule has 24 heavy (non-hydrogen) atoms. The van der Waals surface area contributed by atoms with Crippen molar-refractivity contribution in [3.05, 3.63) is 33.6 Å². The van der Waals surface area contributed by atoms with E-state index in [0.29, 0.717) is 12.3 Å². The second-order valence-electron chi connectivity index (χ2n) is 5.71. The third kappa shape index (κ3) is 5.10. The summed E-state index contributed by atoms with van der Waals surface area (Å²) in [6.45, 7) is 3.30. The zero-order valence-electron chi connectivity index (χ0n) is 13.2. The number of benzene rings is 1. The summed E-state index contributed by atoms with van der Waals surface area (Å²) in [5, 5.41) is 14.1. The third-order valence-electron chi connectivity index (χ3n) is 4.04. The first-order valence-electron chi connectivity index (χ1n) is 7.46. The molecule has 10 heteroatoms. The molecule has 1 saturated heterocycles. The first-order chi connectivity index (χ1) is 10.8. The van der Waals surface area contributed by atoms with Crippen LogP contribution in [0, 0.1) is 28.8 Å². The largest absolute Gasteiger partial charge is 0.316 e. The molecule has 1 aliphatic rings. The summed E-state index contributed by atoms with van der Waals surface area (Å²) in [5.74, 6) is -0.508. The maximum Gasteiger partial charge on any atom is 0.276 e. The lowest BCUT2D eigenvalue weighted by atomic mass is 9.96. The average molecular weight is 382 g/mol. The lowest BCUT2D eigenvalue weighted by Gasteiger charge is -2.22. The molecule has 0 saturated carbocycles. The van der Waals surface area contributed by atoms with Gasteiger partial charge >= 0.3 is 0 Å². The number of nitrogens with one attached hydrogen (secondary N) is 2. The Balaban J connectivity index is 0.00000288. The molecule has 2 rings (SSSR count). The monoisotopic (exact) mass is 381 g/mol. The quantitative estimate of drug-likeness (QED) is 0.580. The van der Waals surface area contributed by atoms with Crippen molar-refractivity contribution < 1.29 is 17.7 Å². The van der Waals surface area contributed by atoms with Gasteiger partial charge in [0.05, 0.1) is 15.4 Å². The van der Waals surface area contributed by atoms with Crippen molar-refractivity contribution in [3.8, 4) is 0 Å². The molecule has 0 amide bonds. The second kappa shape index (κ2) is 8.70. The van der Waals surface area contributed by atoms with Gasteiger partial charge in [-0.3, -0.25) is 10.1 Å². The Morgan fingerprint density at radius 3 is 2.75 bits per heavy atom. The van der Waals surface area contributed by atoms with Gasteiger partial charge in [-0.2, -0.15) is 0 Å². The van der Waals surface area contributed by atoms with Crippen LogP contribution >= 0.6 is 12.4 Å². The molecule has 0 aliphatic carbocycles. The Labute approximate surface area is 146 Å². The van der Waals surface area contributed by atoms with Gasteiger partial charge in [-0.1, -0.05) is 0 Å². The number of halogens is 2. The topological polar surface area (TPSA) is 101 Å². The van der Waals surface area contributed by atoms with Crippen LogP contribution in [0.25, 0.3) is 0 Å². The first-order valence-corrected chi connectivity index (χ1v) is 8.94. The fourth-order valence-corrected chi connectivity index (χ4v) is 3.71. The molecule has 1 fully saturated rings. The second-order valence-corrected chi connectivity index (χ2v) is 7.47. The molecule has 2 N–H and O–H groups in total. The number of nitro groups is 1. The van der Waals surface area contributed by atoms with Gasteiger partial charge in [0.15, 0.2) is 0 Å². The molecule has 1 unspecified atom stereocenters. The van der Waals surface area contributed by atoms with Gasteiger partial charge in [-0.25, -0.2) is 17.5 Å². The van der Waals surface area contributed by atoms with Crippen molar-refractivity contribution in [2.24, 2.45) is 5.92 Å². The van der Waals surface area contributed by atoms with Crippen LogP contribution in [-0.2, 0) is 10.0 Å². The summed E-state index contributed by atoms with van der Waals surface area (Å²) in [6, 6.07) is 1.70. The van der Waals surface area contributed by atoms with E-state index in [9.17, 15) is 22.9 Å². The molecule has 0 bridgehead atoms. The molecule has 0 radical (unpaired) electrons. The van der Waals surface area contributed by atoms with Gasteiger partial charge < -0.3 is 5.32 Å². The highest BCUT2D eigenvalue weighted by molar-refractivity contribution is 7.89. The van der Waals surface area contributed by atoms with Crippen molar-refractivity contribution in [2.75, 3.05) is 19.6 Å². The van der Waals surface area contributed by atoms with Crippen LogP contribution in [0.15, 0.2) is 17.0 Å². The Morgan fingerprint density at radius 1 is 1.46 bits per heavy atom. The minimum Gasteiger partial charge on any atom is -0.316 e. The zero-order chi connectivity index (χ0) is 17.0. The number of rotatable bonds is 6. The van der Waals surface area contributed by atoms with Crippen LogP contribution in [0.5, 0.6) is 0 Å². The van der Waals surface area contributed by atoms with Gasteiger partial charge in [0.25, 0.3) is 5.69 Å². The third-order valence-corrected chi connectivity index (χ3v) is 5.48. The SMILES string of the molecule is Cc1c(F)cc(S(=O)(=O)NCCC2CCCNC2)cc1[N+](=O)[O-].Cl. The van der Waals surface area contributed by atoms with E-state index in [1.807, 2.05) is 0 Å². The zero-order valence-corrected chi connectivity index (χ0v) is 14.9. The summed E-state index contributed by atoms with van der Waals surface area (Å²) in [4.78, 5) is 9.68. The molecule has 136 valence electrons. The Morgan fingerprint density at radius 2 is 2.17 bits per heavy atom. The van der Waals surface area contributed by atoms with Crippen LogP contribution < -0.4 is 10.0 Å². The highest BCUT2D eigenvalue weighted by Crippen LogP contribution is 2.25. The van der Waals surface area contributed by atoms with E-state index >= 15 is 0 Å². The standard InChI is InChI=1S/C14H20FN3O4S.ClH/c1-10-13(15)7-12(8-14(10)18(19)20)23(21,22)17-6-4-11-3-2-5-16-9-11;/h7-8,11,16-17H,2-6,9H2,1H3;1H. The molecule has 1 aromatic rings. The van der Waals surface area contributed by atoms with E-state index in [2.05, 4.69) is 10.0 Å². The summed E-state index contributed by atoms with van der Waals surface area (Å²) >= 11 is 0. The summed E-state index contributed by atoms with van der Waals surface area (Å²) < 4.78 is 40.5. The molecule has 1 aliphatic heterocycles. The highest BCUT2D eigenvalue weighted by atomic mass is 35.5. The van der Waals surface area contributed by atoms with E-state index in [1.165, 1.54) is 6.92 Å². The number of hydrogen-bond donors (Lipinski definition) is 2. The molecular formula is C14H21ClFN3O4S. The minimum atomic E-state index is -3.97. The smallest absolute Gasteiger partial charge is 0.276 e. The molecule has 1 atom stereocenters. The van der Waals surface area contributed by atoms with E-state index in [0.717, 1.165) is 38.1 Å². The van der Waals surface area contributed by atoms with Gasteiger partial charge in [0.2, 0.25) is 10.0 Å². The predicted octanol–water partition coefficient (Wildman–Crippen LogP) is 2.13. The van der Waals surface area contributed by atoms with E-state index in [1.54, 1.807) is 0 Å². The number of piperidine rings is 1. The van der Waals surface area contributed by atoms with Crippen molar-refractivity contribution in [1.29, 1.82) is 0 Å². The maximum atomic E-state index is 13.7. The Bertz CT molecular complexity index is 694. The van der Waals surface area contributed by atoms with Crippen LogP contribution in [0.1, 0.15) is 24.8 Å². The van der Waals surface area contributed by atoms with Crippen molar-refractivity contribution in [1.82, 2.24) is 10.0 Å². The van der Waals surface area contributed by atoms with Crippen molar-refractivity contribution >= 4 is 28.1 Å². The lowest BCUT2D eigenvalue weighted by Crippen LogP contribution is -2.33. The predicted molar refractivity (Wildman–Crippen MR) is 90.4 cm³/mol. The normalized spacial score (nSPS) is 18.0. The molecule has 0 aromatic heterocycles. The Hall–Kier alpha value is -1.29. The van der Waals surface area contributed by atoms with Gasteiger partial charge in [0.1, 0.15) is 5.82 Å². The van der Waals surface area contributed by atoms with Gasteiger partial charge in [-0.15, -0.1) is 12.4 Å². The average Bonchev–Trinajstić information content (AvgIpc) is 2.50. The number of hydrogen-bond acceptors (Lipinski definition) is 5. The summed E-state index contributed by atoms with van der Waals surface area (Å²) in [5.41, 5.74) is -0.718. The minimum absolute atomic E-state index is 0. The summed E-state index contributed by atoms with van der Waals surface area (Å²) in [6.07, 6.45) is 2.77. The van der Waals surface area contributed by atoms with Crippen LogP contribution in [0.2, 0.25) is 0 Å². The van der Waals surface area contributed by atoms with Crippen LogP contribution in [0.3, 0.4) is 0 Å². The van der Waals surface area contributed by atoms with Crippen LogP contribution in [-0.4, -0.2) is 33.0 Å². The fourth-order valence-electron chi connectivity index (χ4n) is 2.64. The van der Waals surface area contributed by atoms with Crippen LogP contribution in [0.4, 0.5) is 10.1 Å².